The Morgan fingerprint density at radius 2 is 0.607 bits per heavy atom. The van der Waals surface area contributed by atoms with E-state index in [0.717, 1.165) is 0 Å². The zero-order valence-corrected chi connectivity index (χ0v) is 29.2. The van der Waals surface area contributed by atoms with E-state index in [1.54, 1.807) is 0 Å². The summed E-state index contributed by atoms with van der Waals surface area (Å²) in [5.41, 5.74) is 0. The molecule has 17 N–H and O–H groups in total. The highest BCUT2D eigenvalue weighted by atomic mass is 16.8. The van der Waals surface area contributed by atoms with E-state index in [0.29, 0.717) is 0 Å². The molecule has 26 nitrogen and oxygen atoms in total. The standard InChI is InChI=1S/C30H52O26/c31-1-6-11(36)15(40)18(43)27(49-6)53-22-10(5-35)52-30(54-23-14(39)9(4-34)48-26(47)21(23)46)25(20(22)45)56-29-24(17(42)13(38)8(3-33)51-29)55-28-19(44)16(41)12(37)7(2-32)50-28/h6-47H,1-5H2/t6-,7-,8-,9-,10-,11+,12+,13+,14-,15+,16+,17+,18-,19-,20+,21-,22-,23+,24-,25-,26?,27+,28-,29-,30-/m1/s1. The van der Waals surface area contributed by atoms with Crippen LogP contribution in [-0.2, 0) is 42.6 Å². The second-order valence-electron chi connectivity index (χ2n) is 13.9. The van der Waals surface area contributed by atoms with Crippen molar-refractivity contribution in [2.24, 2.45) is 0 Å². The monoisotopic (exact) mass is 828 g/mol. The molecule has 0 radical (unpaired) electrons. The van der Waals surface area contributed by atoms with E-state index >= 15 is 0 Å². The summed E-state index contributed by atoms with van der Waals surface area (Å²) in [6.45, 7) is -4.70. The lowest BCUT2D eigenvalue weighted by molar-refractivity contribution is -0.411. The molecule has 0 amide bonds. The van der Waals surface area contributed by atoms with Crippen LogP contribution in [-0.4, -0.2) is 273 Å². The molecule has 5 aliphatic heterocycles. The molecular weight excluding hydrogens is 776 g/mol. The molecule has 0 bridgehead atoms. The fourth-order valence-electron chi connectivity index (χ4n) is 6.98. The molecule has 56 heavy (non-hydrogen) atoms. The van der Waals surface area contributed by atoms with E-state index in [9.17, 15) is 86.8 Å². The predicted molar refractivity (Wildman–Crippen MR) is 167 cm³/mol. The smallest absolute Gasteiger partial charge is 0.187 e. The quantitative estimate of drug-likeness (QED) is 0.0819. The zero-order valence-electron chi connectivity index (χ0n) is 29.2. The van der Waals surface area contributed by atoms with Gasteiger partial charge in [-0.2, -0.15) is 0 Å². The van der Waals surface area contributed by atoms with Gasteiger partial charge in [0.15, 0.2) is 31.5 Å². The molecule has 328 valence electrons. The molecule has 5 aliphatic rings. The lowest BCUT2D eigenvalue weighted by Gasteiger charge is -2.50. The SMILES string of the molecule is OC[C@H]1O[C@@H](O[C@H]2[C@H](O)[C@@H](O[C@H]3O[C@H](CO)[C@H](O)[C@H](O)[C@H]3O[C@H]3O[C@H](CO)[C@H](O)[C@H](O)[C@H]3O)[C@@H](O[C@H]3[C@H](O)[C@@H](CO)OC(O)[C@@H]3O)O[C@@H]2CO)[C@H](O)[C@@H](O)[C@H]1O. The number of hydrogen-bond acceptors (Lipinski definition) is 26. The molecule has 5 saturated heterocycles. The van der Waals surface area contributed by atoms with Crippen LogP contribution in [0.2, 0.25) is 0 Å². The van der Waals surface area contributed by atoms with Crippen LogP contribution in [0.5, 0.6) is 0 Å². The van der Waals surface area contributed by atoms with Gasteiger partial charge in [0.05, 0.1) is 33.0 Å². The molecule has 25 atom stereocenters. The Hall–Kier alpha value is -1.04. The van der Waals surface area contributed by atoms with Crippen molar-refractivity contribution in [2.75, 3.05) is 33.0 Å². The van der Waals surface area contributed by atoms with Crippen molar-refractivity contribution in [3.05, 3.63) is 0 Å². The number of aliphatic hydroxyl groups is 17. The molecule has 5 heterocycles. The summed E-state index contributed by atoms with van der Waals surface area (Å²) in [5.74, 6) is 0. The number of ether oxygens (including phenoxy) is 9. The van der Waals surface area contributed by atoms with E-state index in [1.165, 1.54) is 0 Å². The van der Waals surface area contributed by atoms with Crippen LogP contribution in [0.3, 0.4) is 0 Å². The Morgan fingerprint density at radius 1 is 0.268 bits per heavy atom. The van der Waals surface area contributed by atoms with Crippen molar-refractivity contribution in [3.63, 3.8) is 0 Å². The minimum atomic E-state index is -2.21. The highest BCUT2D eigenvalue weighted by Crippen LogP contribution is 2.37. The molecule has 0 spiro atoms. The Bertz CT molecular complexity index is 1200. The largest absolute Gasteiger partial charge is 0.394 e. The molecule has 0 aliphatic carbocycles. The van der Waals surface area contributed by atoms with Crippen LogP contribution in [0.4, 0.5) is 0 Å². The first kappa shape index (κ1) is 46.0. The fraction of sp³-hybridized carbons (Fsp3) is 1.00. The second kappa shape index (κ2) is 19.6. The molecule has 5 rings (SSSR count). The number of aliphatic hydroxyl groups excluding tert-OH is 17. The third-order valence-electron chi connectivity index (χ3n) is 10.3. The molecule has 0 saturated carbocycles. The maximum absolute atomic E-state index is 11.9. The van der Waals surface area contributed by atoms with Crippen LogP contribution < -0.4 is 0 Å². The molecule has 26 heteroatoms. The Labute approximate surface area is 316 Å². The van der Waals surface area contributed by atoms with Gasteiger partial charge < -0.3 is 129 Å². The van der Waals surface area contributed by atoms with Crippen molar-refractivity contribution >= 4 is 0 Å². The van der Waals surface area contributed by atoms with Gasteiger partial charge in [-0.15, -0.1) is 0 Å². The third-order valence-corrected chi connectivity index (χ3v) is 10.3. The first-order chi connectivity index (χ1) is 26.5. The van der Waals surface area contributed by atoms with Crippen LogP contribution in [0.25, 0.3) is 0 Å². The van der Waals surface area contributed by atoms with Crippen LogP contribution in [0.1, 0.15) is 0 Å². The van der Waals surface area contributed by atoms with Crippen molar-refractivity contribution in [2.45, 2.75) is 154 Å². The lowest BCUT2D eigenvalue weighted by atomic mass is 9.95. The molecular formula is C30H52O26. The Balaban J connectivity index is 1.50. The molecule has 0 aromatic heterocycles. The first-order valence-corrected chi connectivity index (χ1v) is 17.6. The summed E-state index contributed by atoms with van der Waals surface area (Å²) in [4.78, 5) is 0. The van der Waals surface area contributed by atoms with Gasteiger partial charge in [0, 0.05) is 0 Å². The van der Waals surface area contributed by atoms with E-state index in [2.05, 4.69) is 0 Å². The van der Waals surface area contributed by atoms with Crippen molar-refractivity contribution in [1.29, 1.82) is 0 Å². The van der Waals surface area contributed by atoms with E-state index in [1.807, 2.05) is 0 Å². The number of hydrogen-bond donors (Lipinski definition) is 17. The average molecular weight is 829 g/mol. The van der Waals surface area contributed by atoms with Gasteiger partial charge in [-0.05, 0) is 0 Å². The average Bonchev–Trinajstić information content (AvgIpc) is 3.19. The molecule has 0 aromatic carbocycles. The summed E-state index contributed by atoms with van der Waals surface area (Å²) in [6.07, 6.45) is -48.2. The lowest BCUT2D eigenvalue weighted by Crippen LogP contribution is -2.69. The van der Waals surface area contributed by atoms with Gasteiger partial charge in [0.2, 0.25) is 0 Å². The summed E-state index contributed by atoms with van der Waals surface area (Å²) >= 11 is 0. The van der Waals surface area contributed by atoms with Crippen LogP contribution in [0.15, 0.2) is 0 Å². The minimum absolute atomic E-state index is 0.884. The summed E-state index contributed by atoms with van der Waals surface area (Å²) in [5, 5.41) is 177. The van der Waals surface area contributed by atoms with Gasteiger partial charge >= 0.3 is 0 Å². The van der Waals surface area contributed by atoms with E-state index in [-0.39, 0.29) is 0 Å². The summed E-state index contributed by atoms with van der Waals surface area (Å²) < 4.78 is 50.2. The Morgan fingerprint density at radius 3 is 1.07 bits per heavy atom. The third kappa shape index (κ3) is 9.16. The van der Waals surface area contributed by atoms with Gasteiger partial charge in [0.25, 0.3) is 0 Å². The fourth-order valence-corrected chi connectivity index (χ4v) is 6.98. The summed E-state index contributed by atoms with van der Waals surface area (Å²) in [6, 6.07) is 0. The second-order valence-corrected chi connectivity index (χ2v) is 13.9. The maximum Gasteiger partial charge on any atom is 0.187 e. The summed E-state index contributed by atoms with van der Waals surface area (Å²) in [7, 11) is 0. The molecule has 0 aromatic rings. The van der Waals surface area contributed by atoms with Gasteiger partial charge in [-0.1, -0.05) is 0 Å². The number of rotatable bonds is 13. The highest BCUT2D eigenvalue weighted by molar-refractivity contribution is 4.99. The maximum atomic E-state index is 11.9. The van der Waals surface area contributed by atoms with Gasteiger partial charge in [-0.25, -0.2) is 0 Å². The first-order valence-electron chi connectivity index (χ1n) is 17.6. The van der Waals surface area contributed by atoms with Gasteiger partial charge in [0.1, 0.15) is 122 Å². The van der Waals surface area contributed by atoms with Crippen LogP contribution >= 0.6 is 0 Å². The van der Waals surface area contributed by atoms with Crippen molar-refractivity contribution < 1.29 is 129 Å². The van der Waals surface area contributed by atoms with Crippen LogP contribution in [0, 0.1) is 0 Å². The highest BCUT2D eigenvalue weighted by Gasteiger charge is 2.57. The van der Waals surface area contributed by atoms with Gasteiger partial charge in [-0.3, -0.25) is 0 Å². The van der Waals surface area contributed by atoms with Crippen molar-refractivity contribution in [1.82, 2.24) is 0 Å². The molecule has 5 fully saturated rings. The van der Waals surface area contributed by atoms with E-state index in [4.69, 9.17) is 42.6 Å². The Kier molecular flexibility index (Phi) is 16.1. The topological polar surface area (TPSA) is 427 Å². The predicted octanol–water partition coefficient (Wildman–Crippen LogP) is -11.9. The minimum Gasteiger partial charge on any atom is -0.394 e. The van der Waals surface area contributed by atoms with E-state index < -0.39 is 187 Å². The molecule has 1 unspecified atom stereocenters. The zero-order chi connectivity index (χ0) is 41.3. The van der Waals surface area contributed by atoms with Crippen molar-refractivity contribution in [3.8, 4) is 0 Å². The normalized spacial score (nSPS) is 53.2.